The predicted octanol–water partition coefficient (Wildman–Crippen LogP) is 5.40. The number of hydrogen-bond donors (Lipinski definition) is 2. The number of nitrogens with zero attached hydrogens (tertiary/aromatic N) is 2. The molecule has 146 valence electrons. The van der Waals surface area contributed by atoms with Gasteiger partial charge in [-0.25, -0.2) is 4.68 Å². The number of aryl methyl sites for hydroxylation is 1. The van der Waals surface area contributed by atoms with E-state index in [2.05, 4.69) is 56.0 Å². The van der Waals surface area contributed by atoms with Gasteiger partial charge in [-0.1, -0.05) is 57.5 Å². The Labute approximate surface area is 164 Å². The van der Waals surface area contributed by atoms with Crippen LogP contribution in [0.5, 0.6) is 0 Å². The second-order valence-electron chi connectivity index (χ2n) is 7.29. The molecule has 0 atom stereocenters. The summed E-state index contributed by atoms with van der Waals surface area (Å²) in [7, 11) is 0. The molecule has 0 saturated heterocycles. The zero-order chi connectivity index (χ0) is 19.8. The molecule has 0 saturated carbocycles. The van der Waals surface area contributed by atoms with E-state index in [0.717, 1.165) is 29.2 Å². The van der Waals surface area contributed by atoms with Crippen LogP contribution < -0.4 is 11.1 Å². The Hall–Kier alpha value is -2.49. The van der Waals surface area contributed by atoms with E-state index in [1.54, 1.807) is 6.20 Å². The summed E-state index contributed by atoms with van der Waals surface area (Å²) in [6, 6.07) is 8.31. The number of nitrogens with one attached hydrogen (secondary N) is 1. The Morgan fingerprint density at radius 1 is 1.22 bits per heavy atom. The van der Waals surface area contributed by atoms with Crippen LogP contribution >= 0.6 is 0 Å². The van der Waals surface area contributed by atoms with E-state index in [4.69, 9.17) is 5.73 Å². The van der Waals surface area contributed by atoms with Gasteiger partial charge in [0.25, 0.3) is 0 Å². The lowest BCUT2D eigenvalue weighted by atomic mass is 9.98. The average molecular weight is 367 g/mol. The normalized spacial score (nSPS) is 11.8. The zero-order valence-electron chi connectivity index (χ0n) is 17.3. The minimum Gasteiger partial charge on any atom is -0.396 e. The number of aromatic nitrogens is 2. The minimum absolute atomic E-state index is 0.656. The van der Waals surface area contributed by atoms with Gasteiger partial charge in [-0.15, -0.1) is 0 Å². The molecule has 0 bridgehead atoms. The lowest BCUT2D eigenvalue weighted by Gasteiger charge is -2.20. The zero-order valence-corrected chi connectivity index (χ0v) is 17.3. The monoisotopic (exact) mass is 366 g/mol. The van der Waals surface area contributed by atoms with E-state index in [1.165, 1.54) is 31.2 Å². The molecular formula is C23H34N4. The molecule has 4 heteroatoms. The van der Waals surface area contributed by atoms with Gasteiger partial charge in [-0.3, -0.25) is 0 Å². The van der Waals surface area contributed by atoms with Crippen LogP contribution in [0.25, 0.3) is 11.4 Å². The lowest BCUT2D eigenvalue weighted by molar-refractivity contribution is 0.429. The highest BCUT2D eigenvalue weighted by atomic mass is 15.3. The van der Waals surface area contributed by atoms with Crippen LogP contribution in [0.4, 0.5) is 5.69 Å². The molecular weight excluding hydrogens is 332 g/mol. The Morgan fingerprint density at radius 3 is 2.44 bits per heavy atom. The molecule has 1 aromatic carbocycles. The number of rotatable bonds is 10. The van der Waals surface area contributed by atoms with Gasteiger partial charge in [-0.05, 0) is 55.4 Å². The molecule has 0 aliphatic rings. The van der Waals surface area contributed by atoms with Gasteiger partial charge in [0.15, 0.2) is 0 Å². The van der Waals surface area contributed by atoms with Gasteiger partial charge in [0.05, 0.1) is 17.6 Å². The first-order chi connectivity index (χ1) is 13.0. The van der Waals surface area contributed by atoms with Gasteiger partial charge in [-0.2, -0.15) is 5.10 Å². The smallest absolute Gasteiger partial charge is 0.128 e. The Bertz CT molecular complexity index is 779. The summed E-state index contributed by atoms with van der Waals surface area (Å²) in [6.45, 7) is 13.8. The fourth-order valence-electron chi connectivity index (χ4n) is 3.44. The molecule has 1 heterocycles. The molecule has 27 heavy (non-hydrogen) atoms. The van der Waals surface area contributed by atoms with Crippen LogP contribution in [0.1, 0.15) is 56.4 Å². The van der Waals surface area contributed by atoms with Crippen LogP contribution in [0.3, 0.4) is 0 Å². The van der Waals surface area contributed by atoms with E-state index >= 15 is 0 Å². The molecule has 2 rings (SSSR count). The fraction of sp³-hybridized carbons (Fsp3) is 0.435. The van der Waals surface area contributed by atoms with Crippen LogP contribution in [-0.2, 0) is 0 Å². The maximum absolute atomic E-state index is 6.04. The molecule has 1 aromatic heterocycles. The van der Waals surface area contributed by atoms with Crippen molar-refractivity contribution < 1.29 is 0 Å². The number of benzene rings is 1. The summed E-state index contributed by atoms with van der Waals surface area (Å²) in [5, 5.41) is 8.10. The third-order valence-corrected chi connectivity index (χ3v) is 5.04. The third-order valence-electron chi connectivity index (χ3n) is 5.04. The van der Waals surface area contributed by atoms with E-state index in [0.29, 0.717) is 11.6 Å². The predicted molar refractivity (Wildman–Crippen MR) is 117 cm³/mol. The molecule has 0 aliphatic heterocycles. The van der Waals surface area contributed by atoms with Crippen molar-refractivity contribution in [3.8, 4) is 0 Å². The van der Waals surface area contributed by atoms with Crippen molar-refractivity contribution in [1.29, 1.82) is 0 Å². The second-order valence-corrected chi connectivity index (χ2v) is 7.29. The van der Waals surface area contributed by atoms with Crippen molar-refractivity contribution >= 4 is 17.1 Å². The molecule has 0 fully saturated rings. The summed E-state index contributed by atoms with van der Waals surface area (Å²) in [4.78, 5) is 0. The van der Waals surface area contributed by atoms with Crippen LogP contribution in [0, 0.1) is 19.8 Å². The van der Waals surface area contributed by atoms with Crippen LogP contribution in [0.2, 0.25) is 0 Å². The Kier molecular flexibility index (Phi) is 7.71. The van der Waals surface area contributed by atoms with E-state index < -0.39 is 0 Å². The van der Waals surface area contributed by atoms with Crippen molar-refractivity contribution in [1.82, 2.24) is 15.1 Å². The molecule has 0 aliphatic carbocycles. The number of anilines is 1. The number of hydrogen-bond acceptors (Lipinski definition) is 3. The molecule has 0 spiro atoms. The number of nitrogens with two attached hydrogens (primary N) is 1. The van der Waals surface area contributed by atoms with Crippen LogP contribution in [0.15, 0.2) is 43.1 Å². The summed E-state index contributed by atoms with van der Waals surface area (Å²) in [6.07, 6.45) is 8.65. The van der Waals surface area contributed by atoms with Gasteiger partial charge in [0.1, 0.15) is 5.82 Å². The summed E-state index contributed by atoms with van der Waals surface area (Å²) in [5.41, 5.74) is 11.0. The molecule has 4 nitrogen and oxygen atoms in total. The van der Waals surface area contributed by atoms with E-state index in [-0.39, 0.29) is 0 Å². The third kappa shape index (κ3) is 5.49. The van der Waals surface area contributed by atoms with Gasteiger partial charge >= 0.3 is 0 Å². The van der Waals surface area contributed by atoms with Gasteiger partial charge in [0, 0.05) is 6.54 Å². The highest BCUT2D eigenvalue weighted by Gasteiger charge is 2.13. The average Bonchev–Trinajstić information content (AvgIpc) is 2.98. The van der Waals surface area contributed by atoms with Crippen molar-refractivity contribution in [2.24, 2.45) is 5.92 Å². The molecule has 0 radical (unpaired) electrons. The number of nitrogen functional groups attached to an aromatic ring is 1. The van der Waals surface area contributed by atoms with Crippen molar-refractivity contribution in [3.05, 3.63) is 59.9 Å². The molecule has 0 amide bonds. The van der Waals surface area contributed by atoms with Gasteiger partial charge in [0.2, 0.25) is 0 Å². The summed E-state index contributed by atoms with van der Waals surface area (Å²) < 4.78 is 1.88. The van der Waals surface area contributed by atoms with Crippen LogP contribution in [-0.4, -0.2) is 16.3 Å². The van der Waals surface area contributed by atoms with E-state index in [9.17, 15) is 0 Å². The standard InChI is InChI=1S/C23H34N4/c1-6-10-20(11-7-2)15-25-23(27-19(5)22(24)16-26-27)14-18(4)21-13-9-8-12-17(21)3/h8-9,12-14,16,20,25H,4,6-7,10-11,15,24H2,1-3,5H3/b23-14-. The highest BCUT2D eigenvalue weighted by molar-refractivity contribution is 5.79. The van der Waals surface area contributed by atoms with Crippen molar-refractivity contribution in [3.63, 3.8) is 0 Å². The Balaban J connectivity index is 2.31. The van der Waals surface area contributed by atoms with E-state index in [1.807, 2.05) is 23.7 Å². The maximum Gasteiger partial charge on any atom is 0.128 e. The topological polar surface area (TPSA) is 55.9 Å². The second kappa shape index (κ2) is 10.0. The molecule has 2 aromatic rings. The SMILES string of the molecule is C=C(/C=C(/NCC(CCC)CCC)n1ncc(N)c1C)c1ccccc1C. The first-order valence-electron chi connectivity index (χ1n) is 9.98. The summed E-state index contributed by atoms with van der Waals surface area (Å²) in [5.74, 6) is 1.58. The lowest BCUT2D eigenvalue weighted by Crippen LogP contribution is -2.25. The number of allylic oxidation sites excluding steroid dienone is 2. The summed E-state index contributed by atoms with van der Waals surface area (Å²) >= 11 is 0. The van der Waals surface area contributed by atoms with Crippen molar-refractivity contribution in [2.75, 3.05) is 12.3 Å². The first-order valence-corrected chi connectivity index (χ1v) is 9.98. The fourth-order valence-corrected chi connectivity index (χ4v) is 3.44. The highest BCUT2D eigenvalue weighted by Crippen LogP contribution is 2.22. The van der Waals surface area contributed by atoms with Crippen molar-refractivity contribution in [2.45, 2.75) is 53.4 Å². The largest absolute Gasteiger partial charge is 0.396 e. The maximum atomic E-state index is 6.04. The first kappa shape index (κ1) is 20.8. The quantitative estimate of drug-likeness (QED) is 0.554. The Morgan fingerprint density at radius 2 is 1.89 bits per heavy atom. The minimum atomic E-state index is 0.656. The molecule has 0 unspecified atom stereocenters. The molecule has 3 N–H and O–H groups in total. The van der Waals surface area contributed by atoms with Gasteiger partial charge < -0.3 is 11.1 Å².